The molecule has 2 aromatic carbocycles. The molecule has 3 rings (SSSR count). The molecule has 0 bridgehead atoms. The van der Waals surface area contributed by atoms with E-state index in [9.17, 15) is 13.2 Å². The molecule has 0 aliphatic rings. The molecule has 1 aromatic heterocycles. The molecular formula is C19H22N4O3S. The molecule has 7 nitrogen and oxygen atoms in total. The zero-order chi connectivity index (χ0) is 19.6. The topological polar surface area (TPSA) is 95.2 Å². The molecule has 2 N–H and O–H groups in total. The van der Waals surface area contributed by atoms with Crippen LogP contribution in [0.15, 0.2) is 47.5 Å². The van der Waals surface area contributed by atoms with Gasteiger partial charge in [0.2, 0.25) is 10.0 Å². The van der Waals surface area contributed by atoms with Crippen molar-refractivity contribution in [2.24, 2.45) is 0 Å². The number of nitrogens with one attached hydrogen (secondary N) is 2. The van der Waals surface area contributed by atoms with Gasteiger partial charge in [-0.25, -0.2) is 8.42 Å². The number of aromatic amines is 1. The predicted octanol–water partition coefficient (Wildman–Crippen LogP) is 3.15. The standard InChI is InChI=1S/C19H22N4O3S/c1-4-23(5-2)27(25,26)16-8-6-13(3)17(11-16)19(24)21-15-7-9-18-14(10-15)12-20-22-18/h6-12H,4-5H2,1-3H3,(H,20,22)(H,21,24). The fraction of sp³-hybridized carbons (Fsp3) is 0.263. The second kappa shape index (κ2) is 7.50. The molecule has 142 valence electrons. The first kappa shape index (κ1) is 19.1. The van der Waals surface area contributed by atoms with E-state index in [4.69, 9.17) is 0 Å². The maximum absolute atomic E-state index is 12.8. The van der Waals surface area contributed by atoms with Gasteiger partial charge in [-0.05, 0) is 42.8 Å². The molecule has 8 heteroatoms. The van der Waals surface area contributed by atoms with Crippen molar-refractivity contribution in [3.63, 3.8) is 0 Å². The van der Waals surface area contributed by atoms with E-state index in [-0.39, 0.29) is 10.8 Å². The van der Waals surface area contributed by atoms with Gasteiger partial charge >= 0.3 is 0 Å². The molecule has 0 saturated carbocycles. The van der Waals surface area contributed by atoms with Crippen LogP contribution in [0.3, 0.4) is 0 Å². The maximum atomic E-state index is 12.8. The summed E-state index contributed by atoms with van der Waals surface area (Å²) >= 11 is 0. The minimum Gasteiger partial charge on any atom is -0.322 e. The first-order valence-corrected chi connectivity index (χ1v) is 10.2. The molecule has 0 aliphatic carbocycles. The van der Waals surface area contributed by atoms with E-state index in [1.807, 2.05) is 12.1 Å². The number of carbonyl (C=O) groups excluding carboxylic acids is 1. The molecular weight excluding hydrogens is 364 g/mol. The van der Waals surface area contributed by atoms with Gasteiger partial charge in [-0.2, -0.15) is 9.40 Å². The Labute approximate surface area is 158 Å². The largest absolute Gasteiger partial charge is 0.322 e. The molecule has 0 fully saturated rings. The van der Waals surface area contributed by atoms with Crippen LogP contribution in [0.25, 0.3) is 10.9 Å². The summed E-state index contributed by atoms with van der Waals surface area (Å²) in [7, 11) is -3.63. The summed E-state index contributed by atoms with van der Waals surface area (Å²) in [5, 5.41) is 10.5. The number of hydrogen-bond donors (Lipinski definition) is 2. The number of H-pyrrole nitrogens is 1. The maximum Gasteiger partial charge on any atom is 0.255 e. The third kappa shape index (κ3) is 3.72. The number of sulfonamides is 1. The summed E-state index contributed by atoms with van der Waals surface area (Å²) < 4.78 is 26.8. The van der Waals surface area contributed by atoms with E-state index >= 15 is 0 Å². The first-order chi connectivity index (χ1) is 12.9. The lowest BCUT2D eigenvalue weighted by Crippen LogP contribution is -2.30. The zero-order valence-electron chi connectivity index (χ0n) is 15.5. The van der Waals surface area contributed by atoms with Crippen LogP contribution in [0.5, 0.6) is 0 Å². The van der Waals surface area contributed by atoms with E-state index in [1.165, 1.54) is 16.4 Å². The summed E-state index contributed by atoms with van der Waals surface area (Å²) in [6.45, 7) is 6.10. The lowest BCUT2D eigenvalue weighted by molar-refractivity contribution is 0.102. The van der Waals surface area contributed by atoms with Crippen molar-refractivity contribution < 1.29 is 13.2 Å². The minimum atomic E-state index is -3.63. The monoisotopic (exact) mass is 386 g/mol. The van der Waals surface area contributed by atoms with Crippen molar-refractivity contribution in [2.45, 2.75) is 25.7 Å². The number of fused-ring (bicyclic) bond motifs is 1. The van der Waals surface area contributed by atoms with Gasteiger partial charge in [-0.1, -0.05) is 19.9 Å². The molecule has 1 amide bonds. The zero-order valence-corrected chi connectivity index (χ0v) is 16.3. The number of hydrogen-bond acceptors (Lipinski definition) is 4. The highest BCUT2D eigenvalue weighted by Gasteiger charge is 2.23. The quantitative estimate of drug-likeness (QED) is 0.680. The highest BCUT2D eigenvalue weighted by atomic mass is 32.2. The average Bonchev–Trinajstić information content (AvgIpc) is 3.10. The Balaban J connectivity index is 1.92. The van der Waals surface area contributed by atoms with Crippen LogP contribution in [0, 0.1) is 6.92 Å². The highest BCUT2D eigenvalue weighted by molar-refractivity contribution is 7.89. The van der Waals surface area contributed by atoms with Gasteiger partial charge in [0.25, 0.3) is 5.91 Å². The summed E-state index contributed by atoms with van der Waals surface area (Å²) in [6, 6.07) is 10.0. The van der Waals surface area contributed by atoms with Gasteiger partial charge in [0.1, 0.15) is 0 Å². The summed E-state index contributed by atoms with van der Waals surface area (Å²) in [5.74, 6) is -0.355. The van der Waals surface area contributed by atoms with Gasteiger partial charge < -0.3 is 5.32 Å². The van der Waals surface area contributed by atoms with Crippen LogP contribution in [0.4, 0.5) is 5.69 Å². The number of amides is 1. The second-order valence-electron chi connectivity index (χ2n) is 6.19. The Morgan fingerprint density at radius 1 is 1.15 bits per heavy atom. The normalized spacial score (nSPS) is 11.9. The van der Waals surface area contributed by atoms with E-state index in [2.05, 4.69) is 15.5 Å². The van der Waals surface area contributed by atoms with E-state index in [1.54, 1.807) is 39.1 Å². The van der Waals surface area contributed by atoms with E-state index in [0.717, 1.165) is 10.9 Å². The van der Waals surface area contributed by atoms with Crippen LogP contribution >= 0.6 is 0 Å². The first-order valence-electron chi connectivity index (χ1n) is 8.72. The molecule has 3 aromatic rings. The van der Waals surface area contributed by atoms with Crippen molar-refractivity contribution in [1.29, 1.82) is 0 Å². The molecule has 27 heavy (non-hydrogen) atoms. The number of rotatable bonds is 6. The predicted molar refractivity (Wildman–Crippen MR) is 105 cm³/mol. The number of nitrogens with zero attached hydrogens (tertiary/aromatic N) is 2. The Bertz CT molecular complexity index is 1090. The number of benzene rings is 2. The Kier molecular flexibility index (Phi) is 5.29. The van der Waals surface area contributed by atoms with Gasteiger partial charge in [-0.3, -0.25) is 9.89 Å². The molecule has 0 aliphatic heterocycles. The van der Waals surface area contributed by atoms with Crippen molar-refractivity contribution in [3.8, 4) is 0 Å². The van der Waals surface area contributed by atoms with Crippen molar-refractivity contribution in [1.82, 2.24) is 14.5 Å². The summed E-state index contributed by atoms with van der Waals surface area (Å²) in [5.41, 5.74) is 2.52. The van der Waals surface area contributed by atoms with Gasteiger partial charge in [-0.15, -0.1) is 0 Å². The summed E-state index contributed by atoms with van der Waals surface area (Å²) in [6.07, 6.45) is 1.67. The van der Waals surface area contributed by atoms with Crippen molar-refractivity contribution in [3.05, 3.63) is 53.7 Å². The van der Waals surface area contributed by atoms with E-state index < -0.39 is 10.0 Å². The van der Waals surface area contributed by atoms with Crippen LogP contribution in [0.2, 0.25) is 0 Å². The smallest absolute Gasteiger partial charge is 0.255 e. The number of aryl methyl sites for hydroxylation is 1. The number of anilines is 1. The lowest BCUT2D eigenvalue weighted by atomic mass is 10.1. The van der Waals surface area contributed by atoms with Crippen LogP contribution in [-0.2, 0) is 10.0 Å². The SMILES string of the molecule is CCN(CC)S(=O)(=O)c1ccc(C)c(C(=O)Nc2ccc3[nH]ncc3c2)c1. The van der Waals surface area contributed by atoms with Crippen LogP contribution in [0.1, 0.15) is 29.8 Å². The molecule has 0 unspecified atom stereocenters. The highest BCUT2D eigenvalue weighted by Crippen LogP contribution is 2.22. The van der Waals surface area contributed by atoms with E-state index in [0.29, 0.717) is 29.9 Å². The van der Waals surface area contributed by atoms with Crippen LogP contribution < -0.4 is 5.32 Å². The lowest BCUT2D eigenvalue weighted by Gasteiger charge is -2.19. The number of carbonyl (C=O) groups is 1. The van der Waals surface area contributed by atoms with Crippen LogP contribution in [-0.4, -0.2) is 41.9 Å². The fourth-order valence-electron chi connectivity index (χ4n) is 2.94. The van der Waals surface area contributed by atoms with Gasteiger partial charge in [0, 0.05) is 29.7 Å². The minimum absolute atomic E-state index is 0.118. The second-order valence-corrected chi connectivity index (χ2v) is 8.13. The molecule has 0 spiro atoms. The Hall–Kier alpha value is -2.71. The average molecular weight is 386 g/mol. The Morgan fingerprint density at radius 3 is 2.59 bits per heavy atom. The molecule has 0 atom stereocenters. The molecule has 0 saturated heterocycles. The third-order valence-corrected chi connectivity index (χ3v) is 6.54. The fourth-order valence-corrected chi connectivity index (χ4v) is 4.42. The third-order valence-electron chi connectivity index (χ3n) is 4.49. The van der Waals surface area contributed by atoms with Crippen molar-refractivity contribution in [2.75, 3.05) is 18.4 Å². The molecule has 1 heterocycles. The van der Waals surface area contributed by atoms with Crippen molar-refractivity contribution >= 4 is 32.5 Å². The summed E-state index contributed by atoms with van der Waals surface area (Å²) in [4.78, 5) is 12.9. The molecule has 0 radical (unpaired) electrons. The Morgan fingerprint density at radius 2 is 1.89 bits per heavy atom. The van der Waals surface area contributed by atoms with Gasteiger partial charge in [0.05, 0.1) is 16.6 Å². The number of aromatic nitrogens is 2. The van der Waals surface area contributed by atoms with Gasteiger partial charge in [0.15, 0.2) is 0 Å².